The van der Waals surface area contributed by atoms with Crippen LogP contribution in [0.5, 0.6) is 0 Å². The number of hydrogen-bond donors (Lipinski definition) is 2. The zero-order valence-corrected chi connectivity index (χ0v) is 23.3. The zero-order chi connectivity index (χ0) is 27.4. The van der Waals surface area contributed by atoms with E-state index < -0.39 is 20.0 Å². The fourth-order valence-corrected chi connectivity index (χ4v) is 5.96. The second kappa shape index (κ2) is 11.4. The van der Waals surface area contributed by atoms with Crippen molar-refractivity contribution in [2.24, 2.45) is 0 Å². The molecule has 0 radical (unpaired) electrons. The van der Waals surface area contributed by atoms with E-state index in [1.807, 2.05) is 58.0 Å². The van der Waals surface area contributed by atoms with E-state index in [4.69, 9.17) is 0 Å². The molecular formula is C27H33N3O5S2. The minimum absolute atomic E-state index is 0.0729. The highest BCUT2D eigenvalue weighted by Gasteiger charge is 2.20. The molecule has 0 aliphatic carbocycles. The number of rotatable bonds is 10. The van der Waals surface area contributed by atoms with E-state index in [0.717, 1.165) is 28.5 Å². The van der Waals surface area contributed by atoms with E-state index >= 15 is 0 Å². The van der Waals surface area contributed by atoms with E-state index in [0.29, 0.717) is 23.5 Å². The van der Waals surface area contributed by atoms with Crippen LogP contribution in [0.4, 0.5) is 17.1 Å². The first-order valence-electron chi connectivity index (χ1n) is 11.8. The van der Waals surface area contributed by atoms with Crippen molar-refractivity contribution in [1.29, 1.82) is 0 Å². The number of aryl methyl sites for hydroxylation is 4. The Kier molecular flexibility index (Phi) is 8.65. The van der Waals surface area contributed by atoms with Crippen molar-refractivity contribution in [3.63, 3.8) is 0 Å². The Bertz CT molecular complexity index is 1500. The molecule has 37 heavy (non-hydrogen) atoms. The van der Waals surface area contributed by atoms with Crippen LogP contribution in [-0.2, 0) is 24.8 Å². The number of nitrogens with zero attached hydrogens (tertiary/aromatic N) is 1. The molecule has 0 atom stereocenters. The van der Waals surface area contributed by atoms with Gasteiger partial charge in [0.2, 0.25) is 15.9 Å². The third kappa shape index (κ3) is 7.56. The highest BCUT2D eigenvalue weighted by molar-refractivity contribution is 7.92. The highest BCUT2D eigenvalue weighted by Crippen LogP contribution is 2.25. The van der Waals surface area contributed by atoms with Gasteiger partial charge in [0.1, 0.15) is 0 Å². The molecule has 3 aromatic rings. The third-order valence-electron chi connectivity index (χ3n) is 5.88. The second-order valence-corrected chi connectivity index (χ2v) is 12.8. The molecule has 198 valence electrons. The van der Waals surface area contributed by atoms with Gasteiger partial charge in [-0.05, 0) is 92.8 Å². The number of carbonyl (C=O) groups excluding carboxylic acids is 1. The van der Waals surface area contributed by atoms with Gasteiger partial charge in [-0.25, -0.2) is 16.8 Å². The van der Waals surface area contributed by atoms with E-state index in [1.165, 1.54) is 28.6 Å². The number of hydrogen-bond acceptors (Lipinski definition) is 5. The standard InChI is InChI=1S/C27H33N3O5S2/c1-19-8-10-21(3)25(17-19)29-37(34,35)24-14-12-23(13-15-24)28-27(31)7-6-16-30(36(5,32)33)26-18-20(2)9-11-22(26)4/h8-15,17-18,29H,6-7,16H2,1-5H3,(H,28,31). The van der Waals surface area contributed by atoms with Gasteiger partial charge in [-0.1, -0.05) is 24.3 Å². The summed E-state index contributed by atoms with van der Waals surface area (Å²) >= 11 is 0. The number of amides is 1. The predicted octanol–water partition coefficient (Wildman–Crippen LogP) is 4.91. The van der Waals surface area contributed by atoms with E-state index in [2.05, 4.69) is 10.0 Å². The largest absolute Gasteiger partial charge is 0.326 e. The summed E-state index contributed by atoms with van der Waals surface area (Å²) in [7, 11) is -7.32. The molecule has 0 heterocycles. The first kappa shape index (κ1) is 28.2. The minimum Gasteiger partial charge on any atom is -0.326 e. The normalized spacial score (nSPS) is 11.7. The summed E-state index contributed by atoms with van der Waals surface area (Å²) in [6.07, 6.45) is 1.57. The quantitative estimate of drug-likeness (QED) is 0.377. The van der Waals surface area contributed by atoms with E-state index in [-0.39, 0.29) is 23.8 Å². The molecule has 0 aromatic heterocycles. The number of nitrogens with one attached hydrogen (secondary N) is 2. The summed E-state index contributed by atoms with van der Waals surface area (Å²) in [5, 5.41) is 2.74. The molecule has 0 saturated carbocycles. The van der Waals surface area contributed by atoms with Gasteiger partial charge in [0.05, 0.1) is 22.5 Å². The monoisotopic (exact) mass is 543 g/mol. The second-order valence-electron chi connectivity index (χ2n) is 9.23. The molecule has 0 bridgehead atoms. The number of anilines is 3. The Labute approximate surface area is 219 Å². The van der Waals surface area contributed by atoms with Gasteiger partial charge in [-0.3, -0.25) is 13.8 Å². The molecular weight excluding hydrogens is 510 g/mol. The van der Waals surface area contributed by atoms with Gasteiger partial charge in [0.15, 0.2) is 0 Å². The lowest BCUT2D eigenvalue weighted by Crippen LogP contribution is -2.32. The van der Waals surface area contributed by atoms with Crippen molar-refractivity contribution < 1.29 is 21.6 Å². The lowest BCUT2D eigenvalue weighted by atomic mass is 10.1. The SMILES string of the molecule is Cc1ccc(C)c(NS(=O)(=O)c2ccc(NC(=O)CCCN(c3cc(C)ccc3C)S(C)(=O)=O)cc2)c1. The van der Waals surface area contributed by atoms with Crippen LogP contribution < -0.4 is 14.3 Å². The van der Waals surface area contributed by atoms with Crippen LogP contribution in [0, 0.1) is 27.7 Å². The maximum Gasteiger partial charge on any atom is 0.261 e. The zero-order valence-electron chi connectivity index (χ0n) is 21.7. The topological polar surface area (TPSA) is 113 Å². The molecule has 8 nitrogen and oxygen atoms in total. The lowest BCUT2D eigenvalue weighted by molar-refractivity contribution is -0.116. The molecule has 0 spiro atoms. The van der Waals surface area contributed by atoms with Crippen molar-refractivity contribution in [3.05, 3.63) is 82.9 Å². The molecule has 0 unspecified atom stereocenters. The van der Waals surface area contributed by atoms with Crippen molar-refractivity contribution in [2.75, 3.05) is 27.1 Å². The van der Waals surface area contributed by atoms with Gasteiger partial charge in [0.25, 0.3) is 10.0 Å². The van der Waals surface area contributed by atoms with Crippen LogP contribution in [-0.4, -0.2) is 35.5 Å². The van der Waals surface area contributed by atoms with Crippen LogP contribution in [0.3, 0.4) is 0 Å². The molecule has 0 saturated heterocycles. The van der Waals surface area contributed by atoms with Gasteiger partial charge in [-0.2, -0.15) is 0 Å². The summed E-state index contributed by atoms with van der Waals surface area (Å²) < 4.78 is 54.3. The summed E-state index contributed by atoms with van der Waals surface area (Å²) in [6, 6.07) is 17.0. The van der Waals surface area contributed by atoms with Crippen LogP contribution >= 0.6 is 0 Å². The number of sulfonamides is 2. The molecule has 10 heteroatoms. The summed E-state index contributed by atoms with van der Waals surface area (Å²) in [5.74, 6) is -0.293. The van der Waals surface area contributed by atoms with Crippen molar-refractivity contribution >= 4 is 43.0 Å². The molecule has 2 N–H and O–H groups in total. The van der Waals surface area contributed by atoms with Gasteiger partial charge < -0.3 is 5.32 Å². The van der Waals surface area contributed by atoms with Gasteiger partial charge in [0, 0.05) is 18.7 Å². The molecule has 3 rings (SSSR count). The Balaban J connectivity index is 1.61. The van der Waals surface area contributed by atoms with Crippen molar-refractivity contribution in [2.45, 2.75) is 45.4 Å². The Morgan fingerprint density at radius 2 is 1.41 bits per heavy atom. The first-order valence-corrected chi connectivity index (χ1v) is 15.1. The molecule has 0 fully saturated rings. The molecule has 1 amide bonds. The smallest absolute Gasteiger partial charge is 0.261 e. The van der Waals surface area contributed by atoms with Gasteiger partial charge in [-0.15, -0.1) is 0 Å². The summed E-state index contributed by atoms with van der Waals surface area (Å²) in [5.41, 5.74) is 5.10. The van der Waals surface area contributed by atoms with E-state index in [9.17, 15) is 21.6 Å². The van der Waals surface area contributed by atoms with Crippen molar-refractivity contribution in [1.82, 2.24) is 0 Å². The molecule has 0 aliphatic rings. The van der Waals surface area contributed by atoms with Crippen LogP contribution in [0.2, 0.25) is 0 Å². The Hall–Kier alpha value is -3.37. The average Bonchev–Trinajstić information content (AvgIpc) is 2.80. The van der Waals surface area contributed by atoms with Gasteiger partial charge >= 0.3 is 0 Å². The van der Waals surface area contributed by atoms with Crippen LogP contribution in [0.15, 0.2) is 65.6 Å². The summed E-state index contributed by atoms with van der Waals surface area (Å²) in [4.78, 5) is 12.6. The highest BCUT2D eigenvalue weighted by atomic mass is 32.2. The maximum absolute atomic E-state index is 12.8. The number of benzene rings is 3. The predicted molar refractivity (Wildman–Crippen MR) is 149 cm³/mol. The molecule has 0 aliphatic heterocycles. The van der Waals surface area contributed by atoms with Crippen LogP contribution in [0.1, 0.15) is 35.1 Å². The summed E-state index contributed by atoms with van der Waals surface area (Å²) in [6.45, 7) is 7.62. The maximum atomic E-state index is 12.8. The minimum atomic E-state index is -3.79. The Morgan fingerprint density at radius 1 is 0.811 bits per heavy atom. The van der Waals surface area contributed by atoms with Crippen LogP contribution in [0.25, 0.3) is 0 Å². The van der Waals surface area contributed by atoms with Crippen molar-refractivity contribution in [3.8, 4) is 0 Å². The fourth-order valence-electron chi connectivity index (χ4n) is 3.83. The number of carbonyl (C=O) groups is 1. The average molecular weight is 544 g/mol. The lowest BCUT2D eigenvalue weighted by Gasteiger charge is -2.24. The molecule has 3 aromatic carbocycles. The Morgan fingerprint density at radius 3 is 2.03 bits per heavy atom. The fraction of sp³-hybridized carbons (Fsp3) is 0.296. The van der Waals surface area contributed by atoms with E-state index in [1.54, 1.807) is 6.07 Å². The first-order chi connectivity index (χ1) is 17.3. The third-order valence-corrected chi connectivity index (χ3v) is 8.45.